The van der Waals surface area contributed by atoms with Crippen LogP contribution in [0.25, 0.3) is 11.0 Å². The first-order valence-corrected chi connectivity index (χ1v) is 9.86. The summed E-state index contributed by atoms with van der Waals surface area (Å²) in [5.74, 6) is 0.180. The summed E-state index contributed by atoms with van der Waals surface area (Å²) in [6.45, 7) is 0.678. The number of amides is 2. The molecule has 1 saturated heterocycles. The highest BCUT2D eigenvalue weighted by Gasteiger charge is 2.33. The van der Waals surface area contributed by atoms with Crippen molar-refractivity contribution in [1.82, 2.24) is 30.5 Å². The number of H-pyrrole nitrogens is 1. The number of carbonyl (C=O) groups excluding carboxylic acids is 2. The van der Waals surface area contributed by atoms with E-state index in [-0.39, 0.29) is 29.5 Å². The Kier molecular flexibility index (Phi) is 5.17. The molecular weight excluding hydrogens is 360 g/mol. The van der Waals surface area contributed by atoms with Crippen LogP contribution in [0.15, 0.2) is 23.4 Å². The van der Waals surface area contributed by atoms with E-state index in [9.17, 15) is 14.4 Å². The molecule has 1 aliphatic carbocycles. The standard InChI is InChI=1S/C19H26N6O3/c1-20-15(9-12-4-6-21-17(12)26)24-18(27)14(8-11-2-3-11)25-7-5-13-16(19(25)28)23-10-22-13/h5,7,10-12,14-15,20H,2-4,6,8-9H2,1H3,(H,21,26)(H,22,23)(H,24,27)/t12-,14-,15-/m0/s1. The Hall–Kier alpha value is -2.68. The number of rotatable bonds is 8. The molecular formula is C19H26N6O3. The van der Waals surface area contributed by atoms with Crippen molar-refractivity contribution >= 4 is 22.8 Å². The smallest absolute Gasteiger partial charge is 0.279 e. The van der Waals surface area contributed by atoms with E-state index in [1.54, 1.807) is 19.3 Å². The molecule has 9 heteroatoms. The van der Waals surface area contributed by atoms with Crippen LogP contribution in [-0.2, 0) is 9.59 Å². The predicted octanol–water partition coefficient (Wildman–Crippen LogP) is 0.254. The van der Waals surface area contributed by atoms with Crippen molar-refractivity contribution in [3.05, 3.63) is 28.9 Å². The minimum absolute atomic E-state index is 0.0317. The molecule has 2 aromatic heterocycles. The van der Waals surface area contributed by atoms with Gasteiger partial charge >= 0.3 is 0 Å². The third-order valence-electron chi connectivity index (χ3n) is 5.75. The predicted molar refractivity (Wildman–Crippen MR) is 103 cm³/mol. The fourth-order valence-corrected chi connectivity index (χ4v) is 3.88. The van der Waals surface area contributed by atoms with Crippen LogP contribution in [0.3, 0.4) is 0 Å². The van der Waals surface area contributed by atoms with Gasteiger partial charge in [-0.15, -0.1) is 0 Å². The van der Waals surface area contributed by atoms with Crippen LogP contribution >= 0.6 is 0 Å². The summed E-state index contributed by atoms with van der Waals surface area (Å²) in [5.41, 5.74) is 0.729. The highest BCUT2D eigenvalue weighted by Crippen LogP contribution is 2.36. The van der Waals surface area contributed by atoms with Gasteiger partial charge in [-0.1, -0.05) is 12.8 Å². The van der Waals surface area contributed by atoms with Crippen molar-refractivity contribution in [3.8, 4) is 0 Å². The highest BCUT2D eigenvalue weighted by molar-refractivity contribution is 5.82. The van der Waals surface area contributed by atoms with E-state index in [1.165, 1.54) is 10.9 Å². The zero-order valence-electron chi connectivity index (χ0n) is 15.9. The second-order valence-corrected chi connectivity index (χ2v) is 7.75. The quantitative estimate of drug-likeness (QED) is 0.485. The maximum Gasteiger partial charge on any atom is 0.279 e. The summed E-state index contributed by atoms with van der Waals surface area (Å²) < 4.78 is 1.49. The minimum Gasteiger partial charge on any atom is -0.356 e. The van der Waals surface area contributed by atoms with Gasteiger partial charge in [0.05, 0.1) is 18.0 Å². The Labute approximate surface area is 162 Å². The third kappa shape index (κ3) is 3.80. The van der Waals surface area contributed by atoms with Crippen LogP contribution in [0.1, 0.15) is 38.1 Å². The molecule has 2 amide bonds. The normalized spacial score (nSPS) is 21.5. The zero-order chi connectivity index (χ0) is 19.7. The first kappa shape index (κ1) is 18.7. The van der Waals surface area contributed by atoms with Gasteiger partial charge in [-0.05, 0) is 38.3 Å². The Morgan fingerprint density at radius 3 is 2.82 bits per heavy atom. The van der Waals surface area contributed by atoms with E-state index in [0.29, 0.717) is 36.3 Å². The van der Waals surface area contributed by atoms with Gasteiger partial charge in [0.2, 0.25) is 11.8 Å². The summed E-state index contributed by atoms with van der Waals surface area (Å²) in [7, 11) is 1.76. The average Bonchev–Trinajstić information content (AvgIpc) is 3.21. The number of imidazole rings is 1. The van der Waals surface area contributed by atoms with Crippen molar-refractivity contribution in [2.24, 2.45) is 11.8 Å². The largest absolute Gasteiger partial charge is 0.356 e. The van der Waals surface area contributed by atoms with Crippen LogP contribution in [0, 0.1) is 11.8 Å². The lowest BCUT2D eigenvalue weighted by Gasteiger charge is -2.25. The van der Waals surface area contributed by atoms with E-state index >= 15 is 0 Å². The molecule has 0 spiro atoms. The van der Waals surface area contributed by atoms with Crippen LogP contribution < -0.4 is 21.5 Å². The van der Waals surface area contributed by atoms with E-state index in [0.717, 1.165) is 19.3 Å². The maximum absolute atomic E-state index is 13.1. The van der Waals surface area contributed by atoms with Gasteiger partial charge in [-0.25, -0.2) is 4.98 Å². The molecule has 0 radical (unpaired) electrons. The topological polar surface area (TPSA) is 121 Å². The first-order chi connectivity index (χ1) is 13.6. The van der Waals surface area contributed by atoms with Gasteiger partial charge in [0.1, 0.15) is 6.04 Å². The van der Waals surface area contributed by atoms with Crippen molar-refractivity contribution in [2.45, 2.75) is 44.3 Å². The molecule has 2 fully saturated rings. The van der Waals surface area contributed by atoms with Gasteiger partial charge < -0.3 is 25.5 Å². The lowest BCUT2D eigenvalue weighted by Crippen LogP contribution is -2.49. The van der Waals surface area contributed by atoms with Crippen molar-refractivity contribution < 1.29 is 9.59 Å². The molecule has 4 N–H and O–H groups in total. The Morgan fingerprint density at radius 1 is 1.32 bits per heavy atom. The molecule has 0 aromatic carbocycles. The Bertz CT molecular complexity index is 931. The number of nitrogens with zero attached hydrogens (tertiary/aromatic N) is 2. The summed E-state index contributed by atoms with van der Waals surface area (Å²) >= 11 is 0. The van der Waals surface area contributed by atoms with Crippen LogP contribution in [0.2, 0.25) is 0 Å². The molecule has 150 valence electrons. The Morgan fingerprint density at radius 2 is 2.14 bits per heavy atom. The zero-order valence-corrected chi connectivity index (χ0v) is 15.9. The fraction of sp³-hybridized carbons (Fsp3) is 0.579. The summed E-state index contributed by atoms with van der Waals surface area (Å²) in [5, 5.41) is 8.90. The number of hydrogen-bond donors (Lipinski definition) is 4. The van der Waals surface area contributed by atoms with Crippen LogP contribution in [0.5, 0.6) is 0 Å². The summed E-state index contributed by atoms with van der Waals surface area (Å²) in [6, 6.07) is 1.18. The molecule has 2 aliphatic rings. The number of pyridine rings is 1. The molecule has 1 aliphatic heterocycles. The first-order valence-electron chi connectivity index (χ1n) is 9.86. The second kappa shape index (κ2) is 7.75. The van der Waals surface area contributed by atoms with E-state index in [1.807, 2.05) is 0 Å². The van der Waals surface area contributed by atoms with Crippen molar-refractivity contribution in [2.75, 3.05) is 13.6 Å². The number of hydrogen-bond acceptors (Lipinski definition) is 5. The third-order valence-corrected chi connectivity index (χ3v) is 5.75. The van der Waals surface area contributed by atoms with Crippen molar-refractivity contribution in [1.29, 1.82) is 0 Å². The highest BCUT2D eigenvalue weighted by atomic mass is 16.2. The summed E-state index contributed by atoms with van der Waals surface area (Å²) in [4.78, 5) is 44.8. The molecule has 0 bridgehead atoms. The maximum atomic E-state index is 13.1. The number of aromatic nitrogens is 3. The number of fused-ring (bicyclic) bond motifs is 1. The van der Waals surface area contributed by atoms with E-state index < -0.39 is 6.04 Å². The monoisotopic (exact) mass is 386 g/mol. The molecule has 1 saturated carbocycles. The molecule has 3 atom stereocenters. The van der Waals surface area contributed by atoms with Gasteiger partial charge in [0.25, 0.3) is 5.56 Å². The van der Waals surface area contributed by atoms with Gasteiger partial charge in [-0.2, -0.15) is 0 Å². The van der Waals surface area contributed by atoms with Gasteiger partial charge in [-0.3, -0.25) is 14.4 Å². The molecule has 0 unspecified atom stereocenters. The molecule has 28 heavy (non-hydrogen) atoms. The number of carbonyl (C=O) groups is 2. The minimum atomic E-state index is -0.589. The lowest BCUT2D eigenvalue weighted by atomic mass is 10.0. The summed E-state index contributed by atoms with van der Waals surface area (Å²) in [6.07, 6.45) is 6.91. The fourth-order valence-electron chi connectivity index (χ4n) is 3.88. The van der Waals surface area contributed by atoms with E-state index in [4.69, 9.17) is 0 Å². The SMILES string of the molecule is CN[C@H](C[C@@H]1CCNC1=O)NC(=O)[C@H](CC1CC1)n1ccc2[nH]cnc2c1=O. The van der Waals surface area contributed by atoms with Crippen molar-refractivity contribution in [3.63, 3.8) is 0 Å². The lowest BCUT2D eigenvalue weighted by molar-refractivity contribution is -0.127. The molecule has 4 rings (SSSR count). The molecule has 9 nitrogen and oxygen atoms in total. The Balaban J connectivity index is 1.54. The van der Waals surface area contributed by atoms with Gasteiger partial charge in [0, 0.05) is 18.7 Å². The average molecular weight is 386 g/mol. The number of nitrogens with one attached hydrogen (secondary N) is 4. The number of aromatic amines is 1. The van der Waals surface area contributed by atoms with E-state index in [2.05, 4.69) is 25.9 Å². The molecule has 3 heterocycles. The van der Waals surface area contributed by atoms with Gasteiger partial charge in [0.15, 0.2) is 5.52 Å². The molecule has 2 aromatic rings. The van der Waals surface area contributed by atoms with Crippen LogP contribution in [-0.4, -0.2) is 46.1 Å². The van der Waals surface area contributed by atoms with Crippen LogP contribution in [0.4, 0.5) is 0 Å². The second-order valence-electron chi connectivity index (χ2n) is 7.75.